The molecule has 1 N–H and O–H groups in total. The second-order valence-corrected chi connectivity index (χ2v) is 8.68. The lowest BCUT2D eigenvalue weighted by atomic mass is 9.87. The first-order valence-electron chi connectivity index (χ1n) is 10.8. The third kappa shape index (κ3) is 8.10. The van der Waals surface area contributed by atoms with Crippen LogP contribution in [0.4, 0.5) is 0 Å². The lowest BCUT2D eigenvalue weighted by molar-refractivity contribution is -0.118. The van der Waals surface area contributed by atoms with Crippen LogP contribution in [0.25, 0.3) is 0 Å². The summed E-state index contributed by atoms with van der Waals surface area (Å²) in [7, 11) is 0. The average Bonchev–Trinajstić information content (AvgIpc) is 2.67. The van der Waals surface area contributed by atoms with E-state index in [2.05, 4.69) is 23.2 Å². The van der Waals surface area contributed by atoms with Crippen LogP contribution in [0.5, 0.6) is 0 Å². The van der Waals surface area contributed by atoms with Crippen molar-refractivity contribution in [2.24, 2.45) is 17.8 Å². The van der Waals surface area contributed by atoms with Crippen molar-refractivity contribution in [3.05, 3.63) is 24.3 Å². The Morgan fingerprint density at radius 2 is 1.89 bits per heavy atom. The van der Waals surface area contributed by atoms with Gasteiger partial charge >= 0.3 is 0 Å². The van der Waals surface area contributed by atoms with Gasteiger partial charge in [0.2, 0.25) is 0 Å². The summed E-state index contributed by atoms with van der Waals surface area (Å²) in [5, 5.41) is 3.46. The Bertz CT molecular complexity index is 532. The minimum atomic E-state index is 0.0686. The molecule has 2 saturated heterocycles. The Hall–Kier alpha value is -1.26. The van der Waals surface area contributed by atoms with Gasteiger partial charge in [0, 0.05) is 31.0 Å². The van der Waals surface area contributed by atoms with Crippen LogP contribution in [0.3, 0.4) is 0 Å². The molecule has 0 aliphatic carbocycles. The highest BCUT2D eigenvalue weighted by Crippen LogP contribution is 2.24. The molecule has 3 atom stereocenters. The van der Waals surface area contributed by atoms with Gasteiger partial charge in [-0.2, -0.15) is 0 Å². The van der Waals surface area contributed by atoms with Crippen molar-refractivity contribution < 1.29 is 9.59 Å². The van der Waals surface area contributed by atoms with E-state index in [1.807, 2.05) is 26.0 Å². The van der Waals surface area contributed by atoms with Gasteiger partial charge in [0.15, 0.2) is 11.6 Å². The predicted molar refractivity (Wildman–Crippen MR) is 112 cm³/mol. The molecule has 4 nitrogen and oxygen atoms in total. The highest BCUT2D eigenvalue weighted by atomic mass is 16.1. The van der Waals surface area contributed by atoms with Crippen molar-refractivity contribution in [1.29, 1.82) is 0 Å². The first kappa shape index (κ1) is 22.0. The summed E-state index contributed by atoms with van der Waals surface area (Å²) in [6.07, 6.45) is 14.6. The highest BCUT2D eigenvalue weighted by Gasteiger charge is 2.23. The number of nitrogens with zero attached hydrogens (tertiary/aromatic N) is 1. The second-order valence-electron chi connectivity index (χ2n) is 8.68. The Kier molecular flexibility index (Phi) is 9.43. The van der Waals surface area contributed by atoms with E-state index in [-0.39, 0.29) is 23.4 Å². The molecular weight excluding hydrogens is 336 g/mol. The van der Waals surface area contributed by atoms with E-state index >= 15 is 0 Å². The normalized spacial score (nSPS) is 26.1. The summed E-state index contributed by atoms with van der Waals surface area (Å²) < 4.78 is 0. The van der Waals surface area contributed by atoms with Gasteiger partial charge in [-0.05, 0) is 63.3 Å². The van der Waals surface area contributed by atoms with E-state index in [0.717, 1.165) is 39.0 Å². The maximum atomic E-state index is 12.5. The zero-order chi connectivity index (χ0) is 19.6. The first-order valence-corrected chi connectivity index (χ1v) is 10.8. The fraction of sp³-hybridized carbons (Fsp3) is 0.739. The molecule has 0 saturated carbocycles. The quantitative estimate of drug-likeness (QED) is 0.624. The number of piperidine rings is 2. The molecule has 0 spiro atoms. The minimum Gasteiger partial charge on any atom is -0.311 e. The third-order valence-corrected chi connectivity index (χ3v) is 5.83. The molecule has 2 aliphatic rings. The number of nitrogens with one attached hydrogen (secondary N) is 1. The highest BCUT2D eigenvalue weighted by molar-refractivity contribution is 5.91. The lowest BCUT2D eigenvalue weighted by Gasteiger charge is -2.33. The van der Waals surface area contributed by atoms with E-state index in [9.17, 15) is 9.59 Å². The van der Waals surface area contributed by atoms with Gasteiger partial charge in [-0.3, -0.25) is 14.5 Å². The molecule has 3 unspecified atom stereocenters. The smallest absolute Gasteiger partial charge is 0.158 e. The van der Waals surface area contributed by atoms with E-state index in [4.69, 9.17) is 0 Å². The molecule has 152 valence electrons. The number of hydrogen-bond donors (Lipinski definition) is 1. The Morgan fingerprint density at radius 3 is 2.59 bits per heavy atom. The molecule has 0 amide bonds. The fourth-order valence-electron chi connectivity index (χ4n) is 4.05. The zero-order valence-electron chi connectivity index (χ0n) is 17.5. The van der Waals surface area contributed by atoms with Gasteiger partial charge in [0.1, 0.15) is 0 Å². The Balaban J connectivity index is 1.74. The molecule has 2 heterocycles. The summed E-state index contributed by atoms with van der Waals surface area (Å²) in [6, 6.07) is 0.375. The second kappa shape index (κ2) is 11.6. The molecule has 2 aliphatic heterocycles. The molecule has 4 heteroatoms. The zero-order valence-corrected chi connectivity index (χ0v) is 17.5. The maximum absolute atomic E-state index is 12.5. The topological polar surface area (TPSA) is 49.4 Å². The van der Waals surface area contributed by atoms with Gasteiger partial charge in [0.05, 0.1) is 0 Å². The summed E-state index contributed by atoms with van der Waals surface area (Å²) in [6.45, 7) is 9.96. The molecule has 27 heavy (non-hydrogen) atoms. The summed E-state index contributed by atoms with van der Waals surface area (Å²) in [5.74, 6) is 1.20. The largest absolute Gasteiger partial charge is 0.311 e. The van der Waals surface area contributed by atoms with Crippen molar-refractivity contribution in [3.63, 3.8) is 0 Å². The molecule has 0 radical (unpaired) electrons. The van der Waals surface area contributed by atoms with E-state index in [0.29, 0.717) is 12.0 Å². The van der Waals surface area contributed by atoms with Crippen LogP contribution in [0.2, 0.25) is 0 Å². The Labute approximate surface area is 165 Å². The number of rotatable bonds is 9. The molecule has 0 aromatic heterocycles. The number of hydrogen-bond acceptors (Lipinski definition) is 4. The number of likely N-dealkylation sites (tertiary alicyclic amines) is 1. The fourth-order valence-corrected chi connectivity index (χ4v) is 4.05. The average molecular weight is 375 g/mol. The van der Waals surface area contributed by atoms with Gasteiger partial charge in [-0.15, -0.1) is 0 Å². The van der Waals surface area contributed by atoms with Crippen molar-refractivity contribution in [3.8, 4) is 0 Å². The van der Waals surface area contributed by atoms with E-state index in [1.54, 1.807) is 6.08 Å². The summed E-state index contributed by atoms with van der Waals surface area (Å²) in [5.41, 5.74) is 0. The van der Waals surface area contributed by atoms with Gasteiger partial charge in [-0.25, -0.2) is 0 Å². The van der Waals surface area contributed by atoms with Crippen molar-refractivity contribution in [2.75, 3.05) is 26.2 Å². The first-order chi connectivity index (χ1) is 13.0. The molecule has 0 bridgehead atoms. The molecular formula is C23H38N2O2. The van der Waals surface area contributed by atoms with Crippen molar-refractivity contribution in [1.82, 2.24) is 10.2 Å². The van der Waals surface area contributed by atoms with Gasteiger partial charge in [-0.1, -0.05) is 39.3 Å². The predicted octanol–water partition coefficient (Wildman–Crippen LogP) is 3.77. The molecule has 0 aromatic rings. The van der Waals surface area contributed by atoms with Crippen LogP contribution < -0.4 is 5.32 Å². The monoisotopic (exact) mass is 374 g/mol. The minimum absolute atomic E-state index is 0.0686. The SMILES string of the molecule is CC(C)C(=O)/C=C/CN1CCCC(CC(C)C(=O)/C=C/C2CCCCN2)C1. The standard InChI is InChI=1S/C23H38N2O2/c1-18(2)22(26)10-7-15-25-14-6-8-20(17-25)16-19(3)23(27)12-11-21-9-4-5-13-24-21/h7,10-12,18-21,24H,4-6,8-9,13-17H2,1-3H3/b10-7+,12-11+. The Morgan fingerprint density at radius 1 is 1.07 bits per heavy atom. The number of carbonyl (C=O) groups is 2. The molecule has 0 aromatic carbocycles. The summed E-state index contributed by atoms with van der Waals surface area (Å²) in [4.78, 5) is 26.6. The molecule has 2 rings (SSSR count). The van der Waals surface area contributed by atoms with Crippen molar-refractivity contribution >= 4 is 11.6 Å². The maximum Gasteiger partial charge on any atom is 0.158 e. The van der Waals surface area contributed by atoms with Crippen molar-refractivity contribution in [2.45, 2.75) is 65.3 Å². The van der Waals surface area contributed by atoms with E-state index in [1.165, 1.54) is 25.7 Å². The number of allylic oxidation sites excluding steroid dienone is 2. The van der Waals surface area contributed by atoms with Crippen LogP contribution in [-0.4, -0.2) is 48.7 Å². The van der Waals surface area contributed by atoms with Crippen LogP contribution in [-0.2, 0) is 9.59 Å². The third-order valence-electron chi connectivity index (χ3n) is 5.83. The van der Waals surface area contributed by atoms with Crippen LogP contribution in [0.15, 0.2) is 24.3 Å². The summed E-state index contributed by atoms with van der Waals surface area (Å²) >= 11 is 0. The number of ketones is 2. The van der Waals surface area contributed by atoms with Gasteiger partial charge < -0.3 is 5.32 Å². The van der Waals surface area contributed by atoms with Gasteiger partial charge in [0.25, 0.3) is 0 Å². The van der Waals surface area contributed by atoms with E-state index < -0.39 is 0 Å². The van der Waals surface area contributed by atoms with Crippen LogP contribution in [0, 0.1) is 17.8 Å². The number of carbonyl (C=O) groups excluding carboxylic acids is 2. The van der Waals surface area contributed by atoms with Crippen LogP contribution in [0.1, 0.15) is 59.3 Å². The molecule has 2 fully saturated rings. The lowest BCUT2D eigenvalue weighted by Crippen LogP contribution is -2.36. The van der Waals surface area contributed by atoms with Crippen LogP contribution >= 0.6 is 0 Å².